The number of amides is 1. The lowest BCUT2D eigenvalue weighted by Crippen LogP contribution is -2.35. The molecule has 7 nitrogen and oxygen atoms in total. The number of hydrogen-bond acceptors (Lipinski definition) is 5. The fraction of sp³-hybridized carbons (Fsp3) is 0.105. The number of aliphatic imine (C=N–C) groups is 1. The molecule has 1 atom stereocenters. The maximum atomic E-state index is 12.3. The van der Waals surface area contributed by atoms with Crippen molar-refractivity contribution in [1.29, 1.82) is 0 Å². The first-order valence-electron chi connectivity index (χ1n) is 7.77. The van der Waals surface area contributed by atoms with Crippen LogP contribution in [0.1, 0.15) is 17.3 Å². The van der Waals surface area contributed by atoms with Gasteiger partial charge in [0.15, 0.2) is 5.76 Å². The molecular formula is C19H14N2O5. The van der Waals surface area contributed by atoms with Crippen molar-refractivity contribution >= 4 is 17.6 Å². The van der Waals surface area contributed by atoms with Crippen molar-refractivity contribution in [3.63, 3.8) is 0 Å². The molecular weight excluding hydrogens is 336 g/mol. The smallest absolute Gasteiger partial charge is 0.348 e. The first kappa shape index (κ1) is 17.2. The number of ether oxygens (including phenoxy) is 1. The van der Waals surface area contributed by atoms with Crippen LogP contribution in [-0.4, -0.2) is 28.6 Å². The summed E-state index contributed by atoms with van der Waals surface area (Å²) in [6.45, 7) is 1.50. The number of nitro groups is 1. The Morgan fingerprint density at radius 3 is 2.31 bits per heavy atom. The number of hydrogen-bond donors (Lipinski definition) is 0. The van der Waals surface area contributed by atoms with Crippen molar-refractivity contribution in [2.24, 2.45) is 4.99 Å². The van der Waals surface area contributed by atoms with Crippen LogP contribution in [-0.2, 0) is 9.53 Å². The molecule has 130 valence electrons. The van der Waals surface area contributed by atoms with Crippen LogP contribution in [0.5, 0.6) is 0 Å². The zero-order valence-corrected chi connectivity index (χ0v) is 13.8. The Kier molecular flexibility index (Phi) is 4.70. The van der Waals surface area contributed by atoms with E-state index in [1.165, 1.54) is 13.0 Å². The van der Waals surface area contributed by atoms with Crippen molar-refractivity contribution in [3.8, 4) is 11.1 Å². The van der Waals surface area contributed by atoms with Crippen molar-refractivity contribution in [2.75, 3.05) is 0 Å². The Hall–Kier alpha value is -3.61. The van der Waals surface area contributed by atoms with Gasteiger partial charge in [0.25, 0.3) is 0 Å². The number of benzene rings is 2. The molecule has 0 fully saturated rings. The zero-order chi connectivity index (χ0) is 18.7. The summed E-state index contributed by atoms with van der Waals surface area (Å²) in [7, 11) is 0. The van der Waals surface area contributed by atoms with Gasteiger partial charge in [-0.25, -0.2) is 9.79 Å². The zero-order valence-electron chi connectivity index (χ0n) is 13.8. The molecule has 0 saturated carbocycles. The standard InChI is InChI=1S/C19H14N2O5/c1-12-11-16(17(21(24)25)18(22)20-12)26-19(23)15-9-7-14(8-10-15)13-5-3-2-4-6-13/h2-11,17H,1H3. The Labute approximate surface area is 148 Å². The molecule has 1 aliphatic heterocycles. The highest BCUT2D eigenvalue weighted by Crippen LogP contribution is 2.21. The van der Waals surface area contributed by atoms with Crippen molar-refractivity contribution < 1.29 is 19.2 Å². The van der Waals surface area contributed by atoms with Gasteiger partial charge >= 0.3 is 17.9 Å². The summed E-state index contributed by atoms with van der Waals surface area (Å²) in [5.74, 6) is -2.06. The van der Waals surface area contributed by atoms with E-state index in [-0.39, 0.29) is 17.0 Å². The predicted octanol–water partition coefficient (Wildman–Crippen LogP) is 3.04. The van der Waals surface area contributed by atoms with Gasteiger partial charge in [-0.15, -0.1) is 0 Å². The van der Waals surface area contributed by atoms with Crippen LogP contribution >= 0.6 is 0 Å². The second-order valence-corrected chi connectivity index (χ2v) is 5.66. The predicted molar refractivity (Wildman–Crippen MR) is 94.3 cm³/mol. The molecule has 2 aromatic rings. The highest BCUT2D eigenvalue weighted by atomic mass is 16.6. The number of nitrogens with zero attached hydrogens (tertiary/aromatic N) is 2. The van der Waals surface area contributed by atoms with Crippen LogP contribution in [0.3, 0.4) is 0 Å². The largest absolute Gasteiger partial charge is 0.419 e. The van der Waals surface area contributed by atoms with Crippen LogP contribution in [0.15, 0.2) is 71.4 Å². The summed E-state index contributed by atoms with van der Waals surface area (Å²) in [6.07, 6.45) is 1.23. The third-order valence-electron chi connectivity index (χ3n) is 3.79. The van der Waals surface area contributed by atoms with E-state index in [1.54, 1.807) is 24.3 Å². The second kappa shape index (κ2) is 7.10. The van der Waals surface area contributed by atoms with E-state index in [1.807, 2.05) is 30.3 Å². The van der Waals surface area contributed by atoms with E-state index in [2.05, 4.69) is 4.99 Å². The van der Waals surface area contributed by atoms with Gasteiger partial charge in [-0.3, -0.25) is 14.9 Å². The van der Waals surface area contributed by atoms with Crippen molar-refractivity contribution in [2.45, 2.75) is 13.0 Å². The fourth-order valence-corrected chi connectivity index (χ4v) is 2.55. The molecule has 7 heteroatoms. The van der Waals surface area contributed by atoms with E-state index in [9.17, 15) is 19.7 Å². The van der Waals surface area contributed by atoms with Gasteiger partial charge in [0.2, 0.25) is 0 Å². The number of rotatable bonds is 4. The molecule has 0 bridgehead atoms. The minimum atomic E-state index is -1.80. The second-order valence-electron chi connectivity index (χ2n) is 5.66. The molecule has 0 aromatic heterocycles. The van der Waals surface area contributed by atoms with Gasteiger partial charge in [-0.05, 0) is 30.2 Å². The molecule has 0 aliphatic carbocycles. The summed E-state index contributed by atoms with van der Waals surface area (Å²) in [4.78, 5) is 37.8. The minimum absolute atomic E-state index is 0.222. The third-order valence-corrected chi connectivity index (χ3v) is 3.79. The van der Waals surface area contributed by atoms with Crippen molar-refractivity contribution in [1.82, 2.24) is 0 Å². The van der Waals surface area contributed by atoms with Gasteiger partial charge in [0.1, 0.15) is 0 Å². The van der Waals surface area contributed by atoms with Crippen LogP contribution in [0.25, 0.3) is 11.1 Å². The molecule has 0 radical (unpaired) electrons. The fourth-order valence-electron chi connectivity index (χ4n) is 2.55. The first-order valence-corrected chi connectivity index (χ1v) is 7.77. The maximum absolute atomic E-state index is 12.3. The molecule has 2 aromatic carbocycles. The molecule has 0 spiro atoms. The molecule has 1 heterocycles. The van der Waals surface area contributed by atoms with Gasteiger partial charge in [0, 0.05) is 16.7 Å². The summed E-state index contributed by atoms with van der Waals surface area (Å²) in [5.41, 5.74) is 2.38. The summed E-state index contributed by atoms with van der Waals surface area (Å²) >= 11 is 0. The summed E-state index contributed by atoms with van der Waals surface area (Å²) in [6, 6.07) is 14.4. The quantitative estimate of drug-likeness (QED) is 0.479. The molecule has 1 unspecified atom stereocenters. The summed E-state index contributed by atoms with van der Waals surface area (Å²) in [5, 5.41) is 11.1. The topological polar surface area (TPSA) is 98.9 Å². The van der Waals surface area contributed by atoms with Crippen LogP contribution in [0.4, 0.5) is 0 Å². The number of esters is 1. The number of carbonyl (C=O) groups excluding carboxylic acids is 2. The molecule has 1 aliphatic rings. The van der Waals surface area contributed by atoms with Crippen LogP contribution < -0.4 is 0 Å². The number of allylic oxidation sites excluding steroid dienone is 1. The Morgan fingerprint density at radius 2 is 1.69 bits per heavy atom. The van der Waals surface area contributed by atoms with Crippen LogP contribution in [0.2, 0.25) is 0 Å². The van der Waals surface area contributed by atoms with E-state index in [0.717, 1.165) is 11.1 Å². The highest BCUT2D eigenvalue weighted by molar-refractivity contribution is 6.07. The molecule has 26 heavy (non-hydrogen) atoms. The van der Waals surface area contributed by atoms with Gasteiger partial charge in [-0.2, -0.15) is 0 Å². The van der Waals surface area contributed by atoms with Gasteiger partial charge in [0.05, 0.1) is 5.56 Å². The lowest BCUT2D eigenvalue weighted by molar-refractivity contribution is -0.501. The maximum Gasteiger partial charge on any atom is 0.348 e. The Morgan fingerprint density at radius 1 is 1.08 bits per heavy atom. The number of carbonyl (C=O) groups is 2. The Balaban J connectivity index is 1.80. The lowest BCUT2D eigenvalue weighted by atomic mass is 10.0. The average molecular weight is 350 g/mol. The van der Waals surface area contributed by atoms with Crippen LogP contribution in [0, 0.1) is 10.1 Å². The molecule has 0 N–H and O–H groups in total. The lowest BCUT2D eigenvalue weighted by Gasteiger charge is -2.14. The normalized spacial score (nSPS) is 16.5. The molecule has 0 saturated heterocycles. The molecule has 3 rings (SSSR count). The van der Waals surface area contributed by atoms with Gasteiger partial charge in [-0.1, -0.05) is 42.5 Å². The minimum Gasteiger partial charge on any atom is -0.419 e. The van der Waals surface area contributed by atoms with Crippen molar-refractivity contribution in [3.05, 3.63) is 82.1 Å². The van der Waals surface area contributed by atoms with Gasteiger partial charge < -0.3 is 4.74 Å². The van der Waals surface area contributed by atoms with E-state index in [0.29, 0.717) is 0 Å². The highest BCUT2D eigenvalue weighted by Gasteiger charge is 2.39. The summed E-state index contributed by atoms with van der Waals surface area (Å²) < 4.78 is 5.12. The monoisotopic (exact) mass is 350 g/mol. The van der Waals surface area contributed by atoms with E-state index in [4.69, 9.17) is 4.74 Å². The Bertz CT molecular complexity index is 930. The average Bonchev–Trinajstić information content (AvgIpc) is 2.61. The SMILES string of the molecule is CC1=NC(=O)C([N+](=O)[O-])C(OC(=O)c2ccc(-c3ccccc3)cc2)=C1. The first-order chi connectivity index (χ1) is 12.5. The third kappa shape index (κ3) is 3.56. The molecule has 1 amide bonds. The van der Waals surface area contributed by atoms with E-state index < -0.39 is 22.8 Å². The van der Waals surface area contributed by atoms with E-state index >= 15 is 0 Å². The number of dihydropyridines is 1.